The lowest BCUT2D eigenvalue weighted by Crippen LogP contribution is -2.53. The molecular weight excluding hydrogens is 272 g/mol. The molecule has 0 bridgehead atoms. The summed E-state index contributed by atoms with van der Waals surface area (Å²) in [5.74, 6) is 1.54. The standard InChI is InChI=1S/C20H34O2/c1-5-16(4)18-13-9-10-14-20(18,22-19(21)15(2)3)17-11-7-6-8-12-17/h16-18H,2,5-14H2,1,3-4H3. The Kier molecular flexibility index (Phi) is 6.11. The van der Waals surface area contributed by atoms with Crippen molar-refractivity contribution in [3.8, 4) is 0 Å². The molecule has 2 aliphatic rings. The Morgan fingerprint density at radius 2 is 1.82 bits per heavy atom. The first kappa shape index (κ1) is 17.6. The molecule has 0 aromatic carbocycles. The van der Waals surface area contributed by atoms with Crippen LogP contribution in [0.25, 0.3) is 0 Å². The molecule has 0 saturated heterocycles. The van der Waals surface area contributed by atoms with Crippen molar-refractivity contribution in [2.45, 2.75) is 90.6 Å². The number of carbonyl (C=O) groups is 1. The highest BCUT2D eigenvalue weighted by Gasteiger charge is 2.51. The van der Waals surface area contributed by atoms with Crippen molar-refractivity contribution in [2.24, 2.45) is 17.8 Å². The van der Waals surface area contributed by atoms with Crippen LogP contribution in [0.4, 0.5) is 0 Å². The molecule has 126 valence electrons. The van der Waals surface area contributed by atoms with Crippen LogP contribution in [0.2, 0.25) is 0 Å². The molecule has 0 amide bonds. The lowest BCUT2D eigenvalue weighted by Gasteiger charge is -2.51. The zero-order valence-corrected chi connectivity index (χ0v) is 14.8. The lowest BCUT2D eigenvalue weighted by atomic mass is 9.60. The molecule has 0 aliphatic heterocycles. The van der Waals surface area contributed by atoms with Crippen molar-refractivity contribution in [1.29, 1.82) is 0 Å². The Balaban J connectivity index is 2.32. The average molecular weight is 306 g/mol. The van der Waals surface area contributed by atoms with Crippen LogP contribution in [-0.2, 0) is 9.53 Å². The van der Waals surface area contributed by atoms with E-state index in [0.717, 1.165) is 6.42 Å². The van der Waals surface area contributed by atoms with Gasteiger partial charge in [-0.15, -0.1) is 0 Å². The van der Waals surface area contributed by atoms with Crippen molar-refractivity contribution in [1.82, 2.24) is 0 Å². The van der Waals surface area contributed by atoms with Crippen LogP contribution in [0.15, 0.2) is 12.2 Å². The smallest absolute Gasteiger partial charge is 0.333 e. The molecule has 22 heavy (non-hydrogen) atoms. The summed E-state index contributed by atoms with van der Waals surface area (Å²) in [6.45, 7) is 10.2. The van der Waals surface area contributed by atoms with E-state index in [-0.39, 0.29) is 11.6 Å². The summed E-state index contributed by atoms with van der Waals surface area (Å²) in [6.07, 6.45) is 12.3. The minimum atomic E-state index is -0.218. The molecule has 0 radical (unpaired) electrons. The van der Waals surface area contributed by atoms with E-state index in [0.29, 0.717) is 23.3 Å². The van der Waals surface area contributed by atoms with Crippen LogP contribution in [0, 0.1) is 17.8 Å². The predicted molar refractivity (Wildman–Crippen MR) is 91.6 cm³/mol. The summed E-state index contributed by atoms with van der Waals surface area (Å²) in [5.41, 5.74) is 0.327. The van der Waals surface area contributed by atoms with Crippen molar-refractivity contribution in [3.63, 3.8) is 0 Å². The van der Waals surface area contributed by atoms with Crippen molar-refractivity contribution >= 4 is 5.97 Å². The number of ether oxygens (including phenoxy) is 1. The number of carbonyl (C=O) groups excluding carboxylic acids is 1. The third-order valence-corrected chi connectivity index (χ3v) is 6.22. The first-order chi connectivity index (χ1) is 10.5. The van der Waals surface area contributed by atoms with Crippen LogP contribution >= 0.6 is 0 Å². The molecule has 2 heteroatoms. The maximum absolute atomic E-state index is 12.4. The highest BCUT2D eigenvalue weighted by Crippen LogP contribution is 2.50. The summed E-state index contributed by atoms with van der Waals surface area (Å²) < 4.78 is 6.28. The molecule has 2 nitrogen and oxygen atoms in total. The Morgan fingerprint density at radius 1 is 1.18 bits per heavy atom. The second-order valence-corrected chi connectivity index (χ2v) is 7.70. The van der Waals surface area contributed by atoms with Crippen LogP contribution < -0.4 is 0 Å². The molecular formula is C20H34O2. The highest BCUT2D eigenvalue weighted by molar-refractivity contribution is 5.87. The molecule has 2 saturated carbocycles. The number of hydrogen-bond acceptors (Lipinski definition) is 2. The minimum absolute atomic E-state index is 0.166. The van der Waals surface area contributed by atoms with Gasteiger partial charge in [0.1, 0.15) is 5.60 Å². The van der Waals surface area contributed by atoms with Crippen molar-refractivity contribution in [2.75, 3.05) is 0 Å². The molecule has 2 aliphatic carbocycles. The van der Waals surface area contributed by atoms with Gasteiger partial charge in [0.25, 0.3) is 0 Å². The quantitative estimate of drug-likeness (QED) is 0.484. The van der Waals surface area contributed by atoms with E-state index in [1.165, 1.54) is 57.8 Å². The zero-order valence-electron chi connectivity index (χ0n) is 14.8. The maximum Gasteiger partial charge on any atom is 0.333 e. The summed E-state index contributed by atoms with van der Waals surface area (Å²) in [6, 6.07) is 0. The molecule has 3 atom stereocenters. The molecule has 0 aromatic rings. The van der Waals surface area contributed by atoms with E-state index in [4.69, 9.17) is 4.74 Å². The van der Waals surface area contributed by atoms with E-state index >= 15 is 0 Å². The maximum atomic E-state index is 12.4. The van der Waals surface area contributed by atoms with Gasteiger partial charge in [-0.25, -0.2) is 4.79 Å². The Labute approximate surface area is 136 Å². The van der Waals surface area contributed by atoms with Gasteiger partial charge in [0.05, 0.1) is 0 Å². The van der Waals surface area contributed by atoms with Gasteiger partial charge in [-0.1, -0.05) is 52.5 Å². The topological polar surface area (TPSA) is 26.3 Å². The Bertz CT molecular complexity index is 395. The Morgan fingerprint density at radius 3 is 2.41 bits per heavy atom. The van der Waals surface area contributed by atoms with Gasteiger partial charge in [0, 0.05) is 11.5 Å². The Hall–Kier alpha value is -0.790. The van der Waals surface area contributed by atoms with Gasteiger partial charge < -0.3 is 4.74 Å². The van der Waals surface area contributed by atoms with Gasteiger partial charge in [-0.05, 0) is 50.9 Å². The lowest BCUT2D eigenvalue weighted by molar-refractivity contribution is -0.185. The van der Waals surface area contributed by atoms with E-state index in [9.17, 15) is 4.79 Å². The summed E-state index contributed by atoms with van der Waals surface area (Å²) in [5, 5.41) is 0. The molecule has 2 rings (SSSR count). The monoisotopic (exact) mass is 306 g/mol. The molecule has 0 heterocycles. The van der Waals surface area contributed by atoms with Crippen molar-refractivity contribution in [3.05, 3.63) is 12.2 Å². The van der Waals surface area contributed by atoms with Crippen LogP contribution in [0.3, 0.4) is 0 Å². The number of hydrogen-bond donors (Lipinski definition) is 0. The average Bonchev–Trinajstić information content (AvgIpc) is 2.55. The van der Waals surface area contributed by atoms with E-state index < -0.39 is 0 Å². The fourth-order valence-electron chi connectivity index (χ4n) is 4.81. The van der Waals surface area contributed by atoms with Crippen LogP contribution in [0.5, 0.6) is 0 Å². The van der Waals surface area contributed by atoms with Gasteiger partial charge in [0.2, 0.25) is 0 Å². The fourth-order valence-corrected chi connectivity index (χ4v) is 4.81. The summed E-state index contributed by atoms with van der Waals surface area (Å²) in [4.78, 5) is 12.4. The third-order valence-electron chi connectivity index (χ3n) is 6.22. The summed E-state index contributed by atoms with van der Waals surface area (Å²) >= 11 is 0. The molecule has 0 spiro atoms. The fraction of sp³-hybridized carbons (Fsp3) is 0.850. The van der Waals surface area contributed by atoms with Crippen LogP contribution in [0.1, 0.15) is 85.0 Å². The SMILES string of the molecule is C=C(C)C(=O)OC1(C2CCCCC2)CCCCC1C(C)CC. The third kappa shape index (κ3) is 3.58. The second-order valence-electron chi connectivity index (χ2n) is 7.70. The molecule has 0 N–H and O–H groups in total. The van der Waals surface area contributed by atoms with Gasteiger partial charge >= 0.3 is 5.97 Å². The van der Waals surface area contributed by atoms with Gasteiger partial charge in [0.15, 0.2) is 0 Å². The first-order valence-corrected chi connectivity index (χ1v) is 9.40. The molecule has 2 fully saturated rings. The zero-order chi connectivity index (χ0) is 16.2. The predicted octanol–water partition coefficient (Wildman–Crippen LogP) is 5.66. The normalized spacial score (nSPS) is 31.5. The van der Waals surface area contributed by atoms with E-state index in [1.54, 1.807) is 6.92 Å². The largest absolute Gasteiger partial charge is 0.455 e. The number of esters is 1. The van der Waals surface area contributed by atoms with Crippen LogP contribution in [-0.4, -0.2) is 11.6 Å². The molecule has 3 unspecified atom stereocenters. The van der Waals surface area contributed by atoms with E-state index in [2.05, 4.69) is 20.4 Å². The van der Waals surface area contributed by atoms with Crippen molar-refractivity contribution < 1.29 is 9.53 Å². The molecule has 0 aromatic heterocycles. The number of rotatable bonds is 5. The van der Waals surface area contributed by atoms with E-state index in [1.807, 2.05) is 0 Å². The highest BCUT2D eigenvalue weighted by atomic mass is 16.6. The second kappa shape index (κ2) is 7.66. The first-order valence-electron chi connectivity index (χ1n) is 9.40. The van der Waals surface area contributed by atoms with Gasteiger partial charge in [-0.2, -0.15) is 0 Å². The minimum Gasteiger partial charge on any atom is -0.455 e. The van der Waals surface area contributed by atoms with Gasteiger partial charge in [-0.3, -0.25) is 0 Å². The summed E-state index contributed by atoms with van der Waals surface area (Å²) in [7, 11) is 0.